The van der Waals surface area contributed by atoms with Gasteiger partial charge in [0.2, 0.25) is 0 Å². The summed E-state index contributed by atoms with van der Waals surface area (Å²) in [6, 6.07) is 13.2. The van der Waals surface area contributed by atoms with E-state index >= 15 is 0 Å². The molecule has 52 heavy (non-hydrogen) atoms. The third-order valence-corrected chi connectivity index (χ3v) is 13.2. The molecule has 3 aromatic rings. The predicted octanol–water partition coefficient (Wildman–Crippen LogP) is 7.37. The predicted molar refractivity (Wildman–Crippen MR) is 203 cm³/mol. The number of ether oxygens (including phenoxy) is 3. The van der Waals surface area contributed by atoms with Crippen LogP contribution in [0.1, 0.15) is 83.0 Å². The Balaban J connectivity index is 1.31. The van der Waals surface area contributed by atoms with Crippen molar-refractivity contribution in [3.8, 4) is 5.75 Å². The Morgan fingerprint density at radius 3 is 2.79 bits per heavy atom. The third-order valence-electron chi connectivity index (χ3n) is 11.1. The van der Waals surface area contributed by atoms with E-state index in [1.807, 2.05) is 29.7 Å². The lowest BCUT2D eigenvalue weighted by atomic mass is 9.70. The van der Waals surface area contributed by atoms with Crippen LogP contribution in [0.2, 0.25) is 5.02 Å². The molecule has 12 heteroatoms. The zero-order chi connectivity index (χ0) is 36.2. The number of aromatic nitrogens is 1. The van der Waals surface area contributed by atoms with E-state index < -0.39 is 21.7 Å². The molecular formula is C40H49ClN4O6S. The van der Waals surface area contributed by atoms with Crippen LogP contribution < -0.4 is 14.4 Å². The monoisotopic (exact) mass is 748 g/mol. The van der Waals surface area contributed by atoms with E-state index in [0.29, 0.717) is 73.9 Å². The van der Waals surface area contributed by atoms with Crippen LogP contribution in [0.3, 0.4) is 0 Å². The van der Waals surface area contributed by atoms with E-state index in [-0.39, 0.29) is 23.3 Å². The third kappa shape index (κ3) is 8.28. The number of rotatable bonds is 4. The Labute approximate surface area is 312 Å². The average molecular weight is 749 g/mol. The van der Waals surface area contributed by atoms with Crippen molar-refractivity contribution >= 4 is 39.0 Å². The van der Waals surface area contributed by atoms with Crippen molar-refractivity contribution in [2.24, 2.45) is 22.1 Å². The van der Waals surface area contributed by atoms with E-state index in [0.717, 1.165) is 50.0 Å². The van der Waals surface area contributed by atoms with Gasteiger partial charge in [0.25, 0.3) is 11.8 Å². The summed E-state index contributed by atoms with van der Waals surface area (Å²) in [7, 11) is -1.78. The number of hydrogen-bond donors (Lipinski definition) is 1. The lowest BCUT2D eigenvalue weighted by Gasteiger charge is -2.43. The molecule has 2 aromatic carbocycles. The van der Waals surface area contributed by atoms with Crippen molar-refractivity contribution in [2.75, 3.05) is 37.5 Å². The highest BCUT2D eigenvalue weighted by atomic mass is 35.5. The van der Waals surface area contributed by atoms with E-state index in [1.54, 1.807) is 25.4 Å². The molecule has 278 valence electrons. The lowest BCUT2D eigenvalue weighted by Crippen LogP contribution is -2.43. The quantitative estimate of drug-likeness (QED) is 0.278. The minimum atomic E-state index is -3.55. The van der Waals surface area contributed by atoms with Crippen LogP contribution in [0.5, 0.6) is 5.75 Å². The fraction of sp³-hybridized carbons (Fsp3) is 0.500. The van der Waals surface area contributed by atoms with E-state index in [9.17, 15) is 13.8 Å². The van der Waals surface area contributed by atoms with Crippen molar-refractivity contribution in [3.63, 3.8) is 0 Å². The smallest absolute Gasteiger partial charge is 0.286 e. The summed E-state index contributed by atoms with van der Waals surface area (Å²) in [5.41, 5.74) is 4.71. The molecule has 5 atom stereocenters. The van der Waals surface area contributed by atoms with E-state index in [4.69, 9.17) is 25.8 Å². The molecule has 2 bridgehead atoms. The normalized spacial score (nSPS) is 27.3. The van der Waals surface area contributed by atoms with Gasteiger partial charge in [0.05, 0.1) is 42.9 Å². The number of nitrogens with one attached hydrogen (secondary N) is 1. The lowest BCUT2D eigenvalue weighted by molar-refractivity contribution is 0.0133. The number of anilines is 1. The minimum Gasteiger partial charge on any atom is -0.491 e. The molecular weight excluding hydrogens is 700 g/mol. The number of allylic oxidation sites excluding steroid dienone is 1. The Bertz CT molecular complexity index is 1930. The van der Waals surface area contributed by atoms with Gasteiger partial charge in [-0.15, -0.1) is 4.36 Å². The summed E-state index contributed by atoms with van der Waals surface area (Å²) in [6.07, 6.45) is 12.1. The molecule has 4 aliphatic rings. The van der Waals surface area contributed by atoms with Gasteiger partial charge in [-0.3, -0.25) is 14.3 Å². The Morgan fingerprint density at radius 1 is 1.12 bits per heavy atom. The second kappa shape index (κ2) is 16.2. The van der Waals surface area contributed by atoms with Gasteiger partial charge >= 0.3 is 0 Å². The van der Waals surface area contributed by atoms with Crippen LogP contribution in [0.25, 0.3) is 0 Å². The highest BCUT2D eigenvalue weighted by molar-refractivity contribution is 7.92. The van der Waals surface area contributed by atoms with Crippen molar-refractivity contribution in [2.45, 2.75) is 77.7 Å². The maximum Gasteiger partial charge on any atom is 0.286 e. The van der Waals surface area contributed by atoms with Crippen LogP contribution >= 0.6 is 11.6 Å². The molecule has 1 N–H and O–H groups in total. The second-order valence-electron chi connectivity index (χ2n) is 14.5. The van der Waals surface area contributed by atoms with Crippen LogP contribution in [0.4, 0.5) is 5.69 Å². The van der Waals surface area contributed by atoms with Gasteiger partial charge in [0.15, 0.2) is 0 Å². The summed E-state index contributed by atoms with van der Waals surface area (Å²) in [5, 5.41) is 0.716. The Kier molecular flexibility index (Phi) is 11.4. The van der Waals surface area contributed by atoms with Crippen LogP contribution in [-0.4, -0.2) is 59.3 Å². The SMILES string of the molecule is CC[C@H]1C/C=C/[C@H](OC)[C@@H]2CC[C@H]2CN2Cc3ccc(Cl)cc3CCCCOc3ccc(cc32)C(=O)N=S(=O)(NC(=O)c2cc3n(c2)CCOC3)C1. The standard InChI is InChI=1S/C40H49ClN4O6S/c1-3-27-7-6-9-37(49-2)35-14-11-31(35)23-45-22-30-10-13-33(41)19-28(30)8-4-5-17-51-38-15-12-29(21-36(38)45)39(46)42-52(48,26-27)43-40(47)32-20-34-25-50-18-16-44(34)24-32/h6,9-10,12-13,15,19-21,24,27,31,35,37H,3-5,7-8,11,14,16-18,22-23,25-26H2,1-2H3,(H,42,43,46,47,48)/b9-6+/t27-,31-,35+,37-,52?/m0/s1. The van der Waals surface area contributed by atoms with Gasteiger partial charge < -0.3 is 23.7 Å². The molecule has 1 unspecified atom stereocenters. The first-order valence-corrected chi connectivity index (χ1v) is 20.6. The van der Waals surface area contributed by atoms with Crippen LogP contribution in [0.15, 0.2) is 65.2 Å². The number of nitrogens with zero attached hydrogens (tertiary/aromatic N) is 3. The molecule has 1 saturated carbocycles. The minimum absolute atomic E-state index is 0.0330. The fourth-order valence-electron chi connectivity index (χ4n) is 7.90. The van der Waals surface area contributed by atoms with Crippen molar-refractivity contribution in [1.29, 1.82) is 0 Å². The van der Waals surface area contributed by atoms with Gasteiger partial charge in [-0.2, -0.15) is 0 Å². The van der Waals surface area contributed by atoms with Crippen molar-refractivity contribution < 1.29 is 28.0 Å². The first-order valence-electron chi connectivity index (χ1n) is 18.6. The van der Waals surface area contributed by atoms with E-state index in [1.165, 1.54) is 11.1 Å². The summed E-state index contributed by atoms with van der Waals surface area (Å²) < 4.78 is 41.9. The highest BCUT2D eigenvalue weighted by Gasteiger charge is 2.38. The van der Waals surface area contributed by atoms with Crippen LogP contribution in [-0.2, 0) is 45.5 Å². The summed E-state index contributed by atoms with van der Waals surface area (Å²) in [4.78, 5) is 30.1. The number of methoxy groups -OCH3 is 1. The summed E-state index contributed by atoms with van der Waals surface area (Å²) in [5.74, 6) is 0.146. The number of aryl methyl sites for hydroxylation is 1. The molecule has 0 radical (unpaired) electrons. The number of hydrogen-bond acceptors (Lipinski definition) is 7. The van der Waals surface area contributed by atoms with Gasteiger partial charge in [-0.1, -0.05) is 43.2 Å². The van der Waals surface area contributed by atoms with E-state index in [2.05, 4.69) is 38.3 Å². The number of fused-ring (bicyclic) bond motifs is 4. The van der Waals surface area contributed by atoms with Gasteiger partial charge in [0.1, 0.15) is 15.7 Å². The maximum atomic E-state index is 14.8. The molecule has 1 aliphatic carbocycles. The maximum absolute atomic E-state index is 14.8. The first-order chi connectivity index (χ1) is 25.2. The fourth-order valence-corrected chi connectivity index (χ4v) is 10.1. The molecule has 0 spiro atoms. The highest BCUT2D eigenvalue weighted by Crippen LogP contribution is 2.42. The largest absolute Gasteiger partial charge is 0.491 e. The average Bonchev–Trinajstić information content (AvgIpc) is 3.56. The number of halogens is 1. The molecule has 7 rings (SSSR count). The Morgan fingerprint density at radius 2 is 2.00 bits per heavy atom. The van der Waals surface area contributed by atoms with Crippen LogP contribution in [0, 0.1) is 17.8 Å². The molecule has 3 aliphatic heterocycles. The second-order valence-corrected chi connectivity index (χ2v) is 17.0. The van der Waals surface area contributed by atoms with Gasteiger partial charge in [-0.25, -0.2) is 4.21 Å². The molecule has 2 amide bonds. The molecule has 4 heterocycles. The van der Waals surface area contributed by atoms with Gasteiger partial charge in [-0.05, 0) is 104 Å². The topological polar surface area (TPSA) is 111 Å². The summed E-state index contributed by atoms with van der Waals surface area (Å²) >= 11 is 6.48. The summed E-state index contributed by atoms with van der Waals surface area (Å²) in [6.45, 7) is 5.50. The molecule has 0 saturated heterocycles. The van der Waals surface area contributed by atoms with Crippen molar-refractivity contribution in [1.82, 2.24) is 9.29 Å². The number of amides is 2. The Hall–Kier alpha value is -3.64. The molecule has 1 fully saturated rings. The molecule has 1 aromatic heterocycles. The zero-order valence-corrected chi connectivity index (χ0v) is 31.6. The number of carbonyl (C=O) groups excluding carboxylic acids is 2. The first kappa shape index (κ1) is 36.7. The van der Waals surface area contributed by atoms with Crippen molar-refractivity contribution in [3.05, 3.63) is 93.8 Å². The number of benzene rings is 2. The number of carbonyl (C=O) groups is 2. The van der Waals surface area contributed by atoms with Gasteiger partial charge in [0, 0.05) is 49.2 Å². The zero-order valence-electron chi connectivity index (χ0n) is 30.1. The molecule has 10 nitrogen and oxygen atoms in total.